The van der Waals surface area contributed by atoms with Gasteiger partial charge in [-0.2, -0.15) is 0 Å². The zero-order valence-electron chi connectivity index (χ0n) is 16.7. The highest BCUT2D eigenvalue weighted by atomic mass is 16.5. The molecule has 2 aliphatic rings. The van der Waals surface area contributed by atoms with Crippen LogP contribution in [0, 0.1) is 0 Å². The number of carbonyl (C=O) groups excluding carboxylic acids is 1. The molecule has 1 aromatic heterocycles. The topological polar surface area (TPSA) is 79.8 Å². The van der Waals surface area contributed by atoms with Crippen LogP contribution in [0.15, 0.2) is 36.5 Å². The van der Waals surface area contributed by atoms with Gasteiger partial charge in [0.1, 0.15) is 11.4 Å². The molecule has 0 aliphatic carbocycles. The molecular weight excluding hydrogens is 370 g/mol. The maximum Gasteiger partial charge on any atom is 0.272 e. The number of anilines is 2. The molecule has 154 valence electrons. The van der Waals surface area contributed by atoms with E-state index < -0.39 is 0 Å². The fraction of sp³-hybridized carbons (Fsp3) is 0.476. The van der Waals surface area contributed by atoms with Crippen LogP contribution in [-0.2, 0) is 4.74 Å². The van der Waals surface area contributed by atoms with Crippen molar-refractivity contribution in [1.29, 1.82) is 0 Å². The van der Waals surface area contributed by atoms with Gasteiger partial charge in [0.05, 0.1) is 13.2 Å². The van der Waals surface area contributed by atoms with Crippen LogP contribution in [0.4, 0.5) is 11.6 Å². The summed E-state index contributed by atoms with van der Waals surface area (Å²) in [4.78, 5) is 25.7. The molecule has 0 saturated carbocycles. The van der Waals surface area contributed by atoms with Gasteiger partial charge >= 0.3 is 0 Å². The van der Waals surface area contributed by atoms with Gasteiger partial charge in [-0.15, -0.1) is 0 Å². The number of piperazine rings is 1. The highest BCUT2D eigenvalue weighted by Gasteiger charge is 2.24. The van der Waals surface area contributed by atoms with E-state index in [0.29, 0.717) is 31.3 Å². The predicted octanol–water partition coefficient (Wildman–Crippen LogP) is 2.04. The first-order valence-electron chi connectivity index (χ1n) is 10.1. The molecule has 29 heavy (non-hydrogen) atoms. The number of ether oxygens (including phenoxy) is 2. The van der Waals surface area contributed by atoms with Crippen molar-refractivity contribution >= 4 is 17.5 Å². The molecule has 1 atom stereocenters. The summed E-state index contributed by atoms with van der Waals surface area (Å²) < 4.78 is 10.8. The molecule has 0 radical (unpaired) electrons. The summed E-state index contributed by atoms with van der Waals surface area (Å²) in [6.45, 7) is 4.37. The highest BCUT2D eigenvalue weighted by Crippen LogP contribution is 2.21. The lowest BCUT2D eigenvalue weighted by Crippen LogP contribution is -2.49. The van der Waals surface area contributed by atoms with Gasteiger partial charge in [0.2, 0.25) is 5.95 Å². The quantitative estimate of drug-likeness (QED) is 0.799. The summed E-state index contributed by atoms with van der Waals surface area (Å²) >= 11 is 0. The van der Waals surface area contributed by atoms with Crippen LogP contribution in [0.3, 0.4) is 0 Å². The Kier molecular flexibility index (Phi) is 6.09. The van der Waals surface area contributed by atoms with E-state index in [1.807, 2.05) is 29.2 Å². The lowest BCUT2D eigenvalue weighted by molar-refractivity contribution is 0.0741. The van der Waals surface area contributed by atoms with Crippen LogP contribution < -0.4 is 15.0 Å². The third-order valence-electron chi connectivity index (χ3n) is 5.39. The number of nitrogens with one attached hydrogen (secondary N) is 1. The monoisotopic (exact) mass is 397 g/mol. The molecule has 2 aliphatic heterocycles. The normalized spacial score (nSPS) is 19.3. The van der Waals surface area contributed by atoms with E-state index in [-0.39, 0.29) is 12.0 Å². The van der Waals surface area contributed by atoms with Gasteiger partial charge in [0, 0.05) is 51.2 Å². The van der Waals surface area contributed by atoms with Crippen molar-refractivity contribution in [1.82, 2.24) is 14.9 Å². The number of benzene rings is 1. The zero-order valence-corrected chi connectivity index (χ0v) is 16.7. The number of hydrogen-bond acceptors (Lipinski definition) is 7. The maximum absolute atomic E-state index is 12.9. The minimum absolute atomic E-state index is 0.0538. The summed E-state index contributed by atoms with van der Waals surface area (Å²) in [5.41, 5.74) is 1.56. The third kappa shape index (κ3) is 4.76. The number of methoxy groups -OCH3 is 1. The van der Waals surface area contributed by atoms with Crippen LogP contribution in [0.1, 0.15) is 23.3 Å². The number of rotatable bonds is 6. The Bertz CT molecular complexity index is 815. The van der Waals surface area contributed by atoms with E-state index in [9.17, 15) is 4.79 Å². The Labute approximate surface area is 170 Å². The van der Waals surface area contributed by atoms with E-state index in [4.69, 9.17) is 9.47 Å². The summed E-state index contributed by atoms with van der Waals surface area (Å²) in [7, 11) is 1.66. The van der Waals surface area contributed by atoms with Crippen molar-refractivity contribution in [3.05, 3.63) is 42.2 Å². The van der Waals surface area contributed by atoms with Crippen LogP contribution in [0.25, 0.3) is 0 Å². The Morgan fingerprint density at radius 3 is 2.69 bits per heavy atom. The summed E-state index contributed by atoms with van der Waals surface area (Å²) in [6, 6.07) is 9.69. The van der Waals surface area contributed by atoms with Crippen LogP contribution >= 0.6 is 0 Å². The average Bonchev–Trinajstić information content (AvgIpc) is 3.31. The van der Waals surface area contributed by atoms with Gasteiger partial charge < -0.3 is 24.6 Å². The minimum Gasteiger partial charge on any atom is -0.497 e. The fourth-order valence-corrected chi connectivity index (χ4v) is 3.70. The molecule has 4 rings (SSSR count). The van der Waals surface area contributed by atoms with Crippen molar-refractivity contribution in [2.75, 3.05) is 56.7 Å². The third-order valence-corrected chi connectivity index (χ3v) is 5.39. The van der Waals surface area contributed by atoms with Crippen molar-refractivity contribution in [3.63, 3.8) is 0 Å². The molecule has 2 aromatic rings. The SMILES string of the molecule is COc1ccc(N2CCN(C(=O)c3ccnc(NCC4CCCO4)n3)CC2)cc1. The smallest absolute Gasteiger partial charge is 0.272 e. The molecule has 1 aromatic carbocycles. The fourth-order valence-electron chi connectivity index (χ4n) is 3.70. The van der Waals surface area contributed by atoms with Gasteiger partial charge in [-0.3, -0.25) is 4.79 Å². The Morgan fingerprint density at radius 1 is 1.21 bits per heavy atom. The van der Waals surface area contributed by atoms with Gasteiger partial charge in [0.15, 0.2) is 0 Å². The molecule has 3 heterocycles. The molecule has 1 unspecified atom stereocenters. The second kappa shape index (κ2) is 9.09. The van der Waals surface area contributed by atoms with E-state index in [0.717, 1.165) is 44.0 Å². The number of hydrogen-bond donors (Lipinski definition) is 1. The van der Waals surface area contributed by atoms with Crippen molar-refractivity contribution in [2.45, 2.75) is 18.9 Å². The Balaban J connectivity index is 1.32. The second-order valence-corrected chi connectivity index (χ2v) is 7.26. The van der Waals surface area contributed by atoms with E-state index in [1.165, 1.54) is 0 Å². The van der Waals surface area contributed by atoms with Crippen molar-refractivity contribution in [3.8, 4) is 5.75 Å². The Hall–Kier alpha value is -2.87. The molecule has 2 saturated heterocycles. The minimum atomic E-state index is -0.0538. The van der Waals surface area contributed by atoms with E-state index in [1.54, 1.807) is 19.4 Å². The predicted molar refractivity (Wildman–Crippen MR) is 111 cm³/mol. The van der Waals surface area contributed by atoms with E-state index in [2.05, 4.69) is 20.2 Å². The molecule has 8 nitrogen and oxygen atoms in total. The van der Waals surface area contributed by atoms with Gasteiger partial charge in [0.25, 0.3) is 5.91 Å². The van der Waals surface area contributed by atoms with Gasteiger partial charge in [-0.25, -0.2) is 9.97 Å². The molecule has 0 spiro atoms. The first-order valence-corrected chi connectivity index (χ1v) is 10.1. The molecular formula is C21H27N5O3. The first kappa shape index (κ1) is 19.4. The van der Waals surface area contributed by atoms with Crippen LogP contribution in [0.2, 0.25) is 0 Å². The van der Waals surface area contributed by atoms with Crippen LogP contribution in [-0.4, -0.2) is 73.3 Å². The Morgan fingerprint density at radius 2 is 2.00 bits per heavy atom. The average molecular weight is 397 g/mol. The number of amides is 1. The van der Waals surface area contributed by atoms with Crippen molar-refractivity contribution in [2.24, 2.45) is 0 Å². The summed E-state index contributed by atoms with van der Waals surface area (Å²) in [5, 5.41) is 3.19. The zero-order chi connectivity index (χ0) is 20.1. The van der Waals surface area contributed by atoms with Gasteiger partial charge in [-0.05, 0) is 43.2 Å². The van der Waals surface area contributed by atoms with Crippen molar-refractivity contribution < 1.29 is 14.3 Å². The highest BCUT2D eigenvalue weighted by molar-refractivity contribution is 5.92. The standard InChI is InChI=1S/C21H27N5O3/c1-28-17-6-4-16(5-7-17)25-10-12-26(13-11-25)20(27)19-8-9-22-21(24-19)23-15-18-3-2-14-29-18/h4-9,18H,2-3,10-15H2,1H3,(H,22,23,24). The number of nitrogens with zero attached hydrogens (tertiary/aromatic N) is 4. The number of carbonyl (C=O) groups is 1. The number of aromatic nitrogens is 2. The molecule has 8 heteroatoms. The first-order chi connectivity index (χ1) is 14.2. The second-order valence-electron chi connectivity index (χ2n) is 7.26. The largest absolute Gasteiger partial charge is 0.497 e. The summed E-state index contributed by atoms with van der Waals surface area (Å²) in [6.07, 6.45) is 3.97. The maximum atomic E-state index is 12.9. The van der Waals surface area contributed by atoms with Crippen LogP contribution in [0.5, 0.6) is 5.75 Å². The molecule has 1 amide bonds. The lowest BCUT2D eigenvalue weighted by atomic mass is 10.2. The lowest BCUT2D eigenvalue weighted by Gasteiger charge is -2.36. The molecule has 0 bridgehead atoms. The van der Waals surface area contributed by atoms with Gasteiger partial charge in [-0.1, -0.05) is 0 Å². The molecule has 1 N–H and O–H groups in total. The summed E-state index contributed by atoms with van der Waals surface area (Å²) in [5.74, 6) is 1.26. The van der Waals surface area contributed by atoms with E-state index >= 15 is 0 Å². The molecule has 2 fully saturated rings.